The van der Waals surface area contributed by atoms with Gasteiger partial charge in [0.05, 0.1) is 24.7 Å². The van der Waals surface area contributed by atoms with Crippen LogP contribution in [0.2, 0.25) is 0 Å². The van der Waals surface area contributed by atoms with Crippen LogP contribution in [0, 0.1) is 13.8 Å². The van der Waals surface area contributed by atoms with E-state index in [4.69, 9.17) is 9.47 Å². The first-order chi connectivity index (χ1) is 18.2. The third-order valence-corrected chi connectivity index (χ3v) is 7.55. The summed E-state index contributed by atoms with van der Waals surface area (Å²) in [6.45, 7) is 4.26. The van der Waals surface area contributed by atoms with Crippen molar-refractivity contribution in [3.63, 3.8) is 0 Å². The number of H-pyrrole nitrogens is 1. The first-order valence-electron chi connectivity index (χ1n) is 12.1. The highest BCUT2D eigenvalue weighted by Gasteiger charge is 2.43. The molecule has 2 heterocycles. The first-order valence-corrected chi connectivity index (χ1v) is 12.9. The maximum absolute atomic E-state index is 13.8. The smallest absolute Gasteiger partial charge is 0.273 e. The number of methoxy groups -OCH3 is 2. The molecule has 196 valence electrons. The van der Waals surface area contributed by atoms with Crippen molar-refractivity contribution in [3.8, 4) is 34.3 Å². The lowest BCUT2D eigenvalue weighted by Gasteiger charge is -2.27. The van der Waals surface area contributed by atoms with Gasteiger partial charge in [-0.25, -0.2) is 0 Å². The van der Waals surface area contributed by atoms with E-state index in [2.05, 4.69) is 26.1 Å². The number of rotatable bonds is 7. The number of hydrogen-bond acceptors (Lipinski definition) is 6. The third kappa shape index (κ3) is 4.36. The summed E-state index contributed by atoms with van der Waals surface area (Å²) in [6.07, 6.45) is 0.616. The van der Waals surface area contributed by atoms with Gasteiger partial charge in [-0.15, -0.1) is 0 Å². The average molecular weight is 578 g/mol. The molecule has 5 rings (SSSR count). The van der Waals surface area contributed by atoms with Crippen molar-refractivity contribution < 1.29 is 24.5 Å². The normalized spacial score (nSPS) is 14.6. The molecule has 1 aliphatic rings. The maximum atomic E-state index is 13.8. The molecule has 0 saturated carbocycles. The highest BCUT2D eigenvalue weighted by atomic mass is 79.9. The average Bonchev–Trinajstić information content (AvgIpc) is 3.42. The number of ether oxygens (including phenoxy) is 2. The molecule has 38 heavy (non-hydrogen) atoms. The second-order valence-corrected chi connectivity index (χ2v) is 10.2. The van der Waals surface area contributed by atoms with E-state index in [9.17, 15) is 15.0 Å². The highest BCUT2D eigenvalue weighted by Crippen LogP contribution is 2.48. The minimum absolute atomic E-state index is 0.0231. The summed E-state index contributed by atoms with van der Waals surface area (Å²) in [5, 5.41) is 28.8. The number of amides is 1. The van der Waals surface area contributed by atoms with Crippen molar-refractivity contribution in [1.82, 2.24) is 15.1 Å². The number of fused-ring (bicyclic) bond motifs is 1. The molecule has 3 N–H and O–H groups in total. The molecule has 1 amide bonds. The van der Waals surface area contributed by atoms with E-state index in [1.807, 2.05) is 44.2 Å². The number of carbonyl (C=O) groups is 1. The van der Waals surface area contributed by atoms with Gasteiger partial charge >= 0.3 is 0 Å². The summed E-state index contributed by atoms with van der Waals surface area (Å²) in [5.41, 5.74) is 5.72. The molecule has 3 aromatic carbocycles. The van der Waals surface area contributed by atoms with E-state index < -0.39 is 6.04 Å². The van der Waals surface area contributed by atoms with E-state index in [1.165, 1.54) is 7.11 Å². The molecule has 1 aromatic heterocycles. The van der Waals surface area contributed by atoms with Crippen molar-refractivity contribution in [3.05, 3.63) is 86.5 Å². The minimum Gasteiger partial charge on any atom is -0.507 e. The van der Waals surface area contributed by atoms with Crippen LogP contribution in [0.3, 0.4) is 0 Å². The Morgan fingerprint density at radius 1 is 1.05 bits per heavy atom. The van der Waals surface area contributed by atoms with Gasteiger partial charge in [-0.2, -0.15) is 5.10 Å². The van der Waals surface area contributed by atoms with Gasteiger partial charge < -0.3 is 24.6 Å². The number of halogens is 1. The standard InChI is InChI=1S/C29H28BrN3O5/c1-15-11-16(2)23(21(34)12-15)25-24-26(32-31-25)29(36)33(10-9-17-5-7-19(37-3)8-6-17)27(24)18-13-20(30)28(35)22(14-18)38-4/h5-8,11-14,27,34-35H,9-10H2,1-4H3,(H,31,32). The molecule has 1 aliphatic heterocycles. The van der Waals surface area contributed by atoms with Crippen LogP contribution >= 0.6 is 15.9 Å². The van der Waals surface area contributed by atoms with Gasteiger partial charge in [-0.3, -0.25) is 9.89 Å². The van der Waals surface area contributed by atoms with Gasteiger partial charge in [0.25, 0.3) is 5.91 Å². The molecule has 0 aliphatic carbocycles. The lowest BCUT2D eigenvalue weighted by molar-refractivity contribution is 0.0745. The van der Waals surface area contributed by atoms with E-state index in [-0.39, 0.29) is 23.2 Å². The fraction of sp³-hybridized carbons (Fsp3) is 0.241. The predicted molar refractivity (Wildman–Crippen MR) is 147 cm³/mol. The van der Waals surface area contributed by atoms with Gasteiger partial charge in [0.2, 0.25) is 0 Å². The zero-order valence-electron chi connectivity index (χ0n) is 21.5. The summed E-state index contributed by atoms with van der Waals surface area (Å²) >= 11 is 3.43. The maximum Gasteiger partial charge on any atom is 0.273 e. The van der Waals surface area contributed by atoms with Crippen molar-refractivity contribution in [1.29, 1.82) is 0 Å². The molecule has 0 fully saturated rings. The zero-order chi connectivity index (χ0) is 27.1. The van der Waals surface area contributed by atoms with Crippen molar-refractivity contribution >= 4 is 21.8 Å². The predicted octanol–water partition coefficient (Wildman–Crippen LogP) is 5.67. The molecular weight excluding hydrogens is 550 g/mol. The first kappa shape index (κ1) is 25.7. The second-order valence-electron chi connectivity index (χ2n) is 9.39. The quantitative estimate of drug-likeness (QED) is 0.261. The molecule has 0 saturated heterocycles. The topological polar surface area (TPSA) is 108 Å². The third-order valence-electron chi connectivity index (χ3n) is 6.95. The highest BCUT2D eigenvalue weighted by molar-refractivity contribution is 9.10. The Hall–Kier alpha value is -3.98. The van der Waals surface area contributed by atoms with Crippen LogP contribution in [0.1, 0.15) is 44.3 Å². The van der Waals surface area contributed by atoms with Crippen LogP contribution < -0.4 is 9.47 Å². The fourth-order valence-electron chi connectivity index (χ4n) is 5.17. The number of carbonyl (C=O) groups excluding carboxylic acids is 1. The lowest BCUT2D eigenvalue weighted by Crippen LogP contribution is -2.31. The number of nitrogens with zero attached hydrogens (tertiary/aromatic N) is 2. The molecule has 0 bridgehead atoms. The Bertz CT molecular complexity index is 1510. The number of aromatic amines is 1. The molecule has 0 spiro atoms. The molecule has 1 atom stereocenters. The van der Waals surface area contributed by atoms with Crippen LogP contribution in [0.4, 0.5) is 0 Å². The molecule has 0 radical (unpaired) electrons. The monoisotopic (exact) mass is 577 g/mol. The second kappa shape index (κ2) is 10.1. The minimum atomic E-state index is -0.532. The number of nitrogens with one attached hydrogen (secondary N) is 1. The van der Waals surface area contributed by atoms with E-state index >= 15 is 0 Å². The lowest BCUT2D eigenvalue weighted by atomic mass is 9.93. The van der Waals surface area contributed by atoms with Gasteiger partial charge in [0.1, 0.15) is 22.9 Å². The van der Waals surface area contributed by atoms with E-state index in [0.29, 0.717) is 40.0 Å². The Balaban J connectivity index is 1.63. The van der Waals surface area contributed by atoms with Crippen LogP contribution in [0.25, 0.3) is 11.3 Å². The fourth-order valence-corrected chi connectivity index (χ4v) is 5.63. The molecule has 4 aromatic rings. The summed E-state index contributed by atoms with van der Waals surface area (Å²) < 4.78 is 11.1. The number of aromatic nitrogens is 2. The summed E-state index contributed by atoms with van der Waals surface area (Å²) in [7, 11) is 3.11. The Morgan fingerprint density at radius 2 is 1.79 bits per heavy atom. The Morgan fingerprint density at radius 3 is 2.45 bits per heavy atom. The van der Waals surface area contributed by atoms with Crippen molar-refractivity contribution in [2.24, 2.45) is 0 Å². The van der Waals surface area contributed by atoms with Crippen LogP contribution in [0.5, 0.6) is 23.0 Å². The summed E-state index contributed by atoms with van der Waals surface area (Å²) in [6, 6.07) is 14.4. The molecule has 1 unspecified atom stereocenters. The van der Waals surface area contributed by atoms with Crippen molar-refractivity contribution in [2.75, 3.05) is 20.8 Å². The summed E-state index contributed by atoms with van der Waals surface area (Å²) in [5.74, 6) is 0.938. The van der Waals surface area contributed by atoms with Crippen LogP contribution in [0.15, 0.2) is 53.0 Å². The van der Waals surface area contributed by atoms with E-state index in [0.717, 1.165) is 28.0 Å². The van der Waals surface area contributed by atoms with Crippen LogP contribution in [-0.2, 0) is 6.42 Å². The number of aryl methyl sites for hydroxylation is 2. The molecular formula is C29H28BrN3O5. The van der Waals surface area contributed by atoms with E-state index in [1.54, 1.807) is 30.2 Å². The number of hydrogen-bond donors (Lipinski definition) is 3. The number of phenols is 2. The van der Waals surface area contributed by atoms with Gasteiger partial charge in [0, 0.05) is 17.7 Å². The Labute approximate surface area is 229 Å². The number of phenolic OH excluding ortho intramolecular Hbond substituents is 2. The molecule has 8 nitrogen and oxygen atoms in total. The molecule has 9 heteroatoms. The van der Waals surface area contributed by atoms with Crippen molar-refractivity contribution in [2.45, 2.75) is 26.3 Å². The van der Waals surface area contributed by atoms with Gasteiger partial charge in [0.15, 0.2) is 11.5 Å². The van der Waals surface area contributed by atoms with Gasteiger partial charge in [-0.05, 0) is 88.8 Å². The SMILES string of the molecule is COc1ccc(CCN2C(=O)c3[nH]nc(-c4c(C)cc(C)cc4O)c3C2c2cc(Br)c(O)c(OC)c2)cc1. The Kier molecular flexibility index (Phi) is 6.79. The largest absolute Gasteiger partial charge is 0.507 e. The zero-order valence-corrected chi connectivity index (χ0v) is 23.1. The van der Waals surface area contributed by atoms with Crippen LogP contribution in [-0.4, -0.2) is 52.0 Å². The van der Waals surface area contributed by atoms with Gasteiger partial charge in [-0.1, -0.05) is 18.2 Å². The number of benzene rings is 3. The summed E-state index contributed by atoms with van der Waals surface area (Å²) in [4.78, 5) is 15.5. The number of aromatic hydroxyl groups is 2.